The van der Waals surface area contributed by atoms with Gasteiger partial charge in [0.15, 0.2) is 17.9 Å². The fourth-order valence-corrected chi connectivity index (χ4v) is 5.56. The Kier molecular flexibility index (Phi) is 10.5. The van der Waals surface area contributed by atoms with E-state index in [0.29, 0.717) is 23.0 Å². The predicted octanol–water partition coefficient (Wildman–Crippen LogP) is 2.57. The molecule has 0 amide bonds. The van der Waals surface area contributed by atoms with Crippen LogP contribution >= 0.6 is 25.3 Å². The number of thiol groups is 2. The Bertz CT molecular complexity index is 1310. The van der Waals surface area contributed by atoms with Crippen LogP contribution in [0.15, 0.2) is 91.0 Å². The topological polar surface area (TPSA) is 130 Å². The Balaban J connectivity index is 1.58. The second kappa shape index (κ2) is 13.9. The Labute approximate surface area is 249 Å². The van der Waals surface area contributed by atoms with Crippen LogP contribution in [-0.4, -0.2) is 86.9 Å². The van der Waals surface area contributed by atoms with Gasteiger partial charge in [-0.3, -0.25) is 9.59 Å². The maximum atomic E-state index is 12.9. The molecule has 0 saturated heterocycles. The summed E-state index contributed by atoms with van der Waals surface area (Å²) in [6.07, 6.45) is -5.73. The number of benzene rings is 3. The van der Waals surface area contributed by atoms with Crippen molar-refractivity contribution in [2.75, 3.05) is 13.2 Å². The van der Waals surface area contributed by atoms with E-state index in [2.05, 4.69) is 25.3 Å². The van der Waals surface area contributed by atoms with Crippen LogP contribution in [0, 0.1) is 0 Å². The van der Waals surface area contributed by atoms with E-state index in [1.165, 1.54) is 0 Å². The fraction of sp³-hybridized carbons (Fsp3) is 0.323. The summed E-state index contributed by atoms with van der Waals surface area (Å²) in [5, 5.41) is 31.5. The Morgan fingerprint density at radius 3 is 1.68 bits per heavy atom. The van der Waals surface area contributed by atoms with E-state index in [1.807, 2.05) is 0 Å². The summed E-state index contributed by atoms with van der Waals surface area (Å²) < 4.78 is 11.7. The highest BCUT2D eigenvalue weighted by Gasteiger charge is 2.67. The molecule has 1 saturated carbocycles. The second-order valence-corrected chi connectivity index (χ2v) is 11.1. The number of carbonyl (C=O) groups is 3. The number of aliphatic hydroxyl groups excluding tert-OH is 2. The number of hydrogen-bond donors (Lipinski definition) is 5. The van der Waals surface area contributed by atoms with Crippen molar-refractivity contribution < 1.29 is 39.2 Å². The van der Waals surface area contributed by atoms with Crippen LogP contribution in [0.2, 0.25) is 0 Å². The molecule has 1 aliphatic carbocycles. The summed E-state index contributed by atoms with van der Waals surface area (Å²) >= 11 is 8.73. The lowest BCUT2D eigenvalue weighted by Crippen LogP contribution is -2.75. The van der Waals surface area contributed by atoms with Gasteiger partial charge in [-0.05, 0) is 5.56 Å². The van der Waals surface area contributed by atoms with Crippen LogP contribution in [0.25, 0.3) is 0 Å². The Morgan fingerprint density at radius 2 is 1.22 bits per heavy atom. The molecule has 0 aromatic heterocycles. The maximum absolute atomic E-state index is 12.9. The lowest BCUT2D eigenvalue weighted by Gasteiger charge is -2.57. The van der Waals surface area contributed by atoms with Gasteiger partial charge in [0.05, 0.1) is 29.8 Å². The van der Waals surface area contributed by atoms with Crippen molar-refractivity contribution in [2.24, 2.45) is 0 Å². The molecule has 216 valence electrons. The van der Waals surface area contributed by atoms with E-state index in [0.717, 1.165) is 0 Å². The highest BCUT2D eigenvalue weighted by Crippen LogP contribution is 2.50. The molecule has 8 nitrogen and oxygen atoms in total. The Hall–Kier alpha value is -2.83. The molecule has 1 fully saturated rings. The minimum absolute atomic E-state index is 0.321. The Morgan fingerprint density at radius 1 is 0.780 bits per heavy atom. The molecule has 3 aromatic rings. The summed E-state index contributed by atoms with van der Waals surface area (Å²) in [4.78, 5) is 38.1. The van der Waals surface area contributed by atoms with Crippen molar-refractivity contribution in [3.05, 3.63) is 108 Å². The van der Waals surface area contributed by atoms with E-state index in [-0.39, 0.29) is 24.8 Å². The normalized spacial score (nSPS) is 24.9. The molecule has 3 N–H and O–H groups in total. The van der Waals surface area contributed by atoms with Crippen molar-refractivity contribution >= 4 is 43.1 Å². The smallest absolute Gasteiger partial charge is 0.177 e. The van der Waals surface area contributed by atoms with Gasteiger partial charge >= 0.3 is 0 Å². The average molecular weight is 597 g/mol. The minimum atomic E-state index is -2.19. The molecular weight excluding hydrogens is 564 g/mol. The van der Waals surface area contributed by atoms with Crippen LogP contribution in [0.4, 0.5) is 0 Å². The lowest BCUT2D eigenvalue weighted by atomic mass is 9.58. The molecule has 41 heavy (non-hydrogen) atoms. The number of ketones is 2. The van der Waals surface area contributed by atoms with Gasteiger partial charge in [0, 0.05) is 17.0 Å². The summed E-state index contributed by atoms with van der Waals surface area (Å²) in [5.74, 6) is -1.73. The summed E-state index contributed by atoms with van der Waals surface area (Å²) in [6, 6.07) is 25.4. The zero-order chi connectivity index (χ0) is 29.6. The van der Waals surface area contributed by atoms with Gasteiger partial charge in [0.25, 0.3) is 0 Å². The van der Waals surface area contributed by atoms with Crippen molar-refractivity contribution in [2.45, 2.75) is 46.4 Å². The second-order valence-electron chi connectivity index (χ2n) is 9.89. The first kappa shape index (κ1) is 31.1. The number of ether oxygens (including phenoxy) is 2. The molecular formula is C31H32O8S2. The summed E-state index contributed by atoms with van der Waals surface area (Å²) in [5.41, 5.74) is -0.886. The first-order valence-electron chi connectivity index (χ1n) is 13.1. The predicted molar refractivity (Wildman–Crippen MR) is 159 cm³/mol. The van der Waals surface area contributed by atoms with Crippen LogP contribution < -0.4 is 0 Å². The third kappa shape index (κ3) is 6.65. The van der Waals surface area contributed by atoms with E-state index in [4.69, 9.17) is 9.47 Å². The molecule has 0 bridgehead atoms. The van der Waals surface area contributed by atoms with Gasteiger partial charge in [-0.25, -0.2) is 0 Å². The van der Waals surface area contributed by atoms with Gasteiger partial charge in [0.2, 0.25) is 0 Å². The maximum Gasteiger partial charge on any atom is 0.177 e. The number of Topliss-reactive ketones (excluding diaryl/α,β-unsaturated/α-hetero) is 2. The summed E-state index contributed by atoms with van der Waals surface area (Å²) in [6.45, 7) is -0.673. The molecule has 4 rings (SSSR count). The largest absolute Gasteiger partial charge is 0.390 e. The van der Waals surface area contributed by atoms with Gasteiger partial charge in [0.1, 0.15) is 23.9 Å². The van der Waals surface area contributed by atoms with Gasteiger partial charge in [-0.1, -0.05) is 91.0 Å². The SMILES string of the molecule is O=C[C@H](OCC(S)C(=O)c1ccccc1)[C@@H](OCC(S)C(=O)c1ccccc1)[C@@]1(O)C(c2ccccc2)C(O)[C@H]1O. The quantitative estimate of drug-likeness (QED) is 0.109. The van der Waals surface area contributed by atoms with Gasteiger partial charge in [-0.2, -0.15) is 25.3 Å². The van der Waals surface area contributed by atoms with Crippen LogP contribution in [0.1, 0.15) is 32.2 Å². The zero-order valence-corrected chi connectivity index (χ0v) is 23.8. The highest BCUT2D eigenvalue weighted by molar-refractivity contribution is 7.82. The molecule has 4 unspecified atom stereocenters. The van der Waals surface area contributed by atoms with Crippen molar-refractivity contribution in [1.82, 2.24) is 0 Å². The standard InChI is InChI=1S/C31H32O8S2/c32-16-22(38-17-23(40)26(33)20-12-6-2-7-13-20)30(39-18-24(41)27(34)21-14-8-3-9-15-21)31(37)25(28(35)29(31)36)19-10-4-1-5-11-19/h1-16,22-25,28-30,35-37,40-41H,17-18H2/t22-,23?,24?,25?,28?,29+,30+,31+/m0/s1. The molecule has 3 aromatic carbocycles. The molecule has 0 radical (unpaired) electrons. The van der Waals surface area contributed by atoms with E-state index in [1.54, 1.807) is 91.0 Å². The van der Waals surface area contributed by atoms with Crippen LogP contribution in [-0.2, 0) is 14.3 Å². The monoisotopic (exact) mass is 596 g/mol. The van der Waals surface area contributed by atoms with Gasteiger partial charge < -0.3 is 29.6 Å². The average Bonchev–Trinajstić information content (AvgIpc) is 3.02. The molecule has 0 spiro atoms. The molecule has 0 heterocycles. The first-order chi connectivity index (χ1) is 19.7. The van der Waals surface area contributed by atoms with E-state index < -0.39 is 46.4 Å². The van der Waals surface area contributed by atoms with Crippen molar-refractivity contribution in [3.8, 4) is 0 Å². The number of carbonyl (C=O) groups excluding carboxylic acids is 3. The third-order valence-electron chi connectivity index (χ3n) is 7.29. The van der Waals surface area contributed by atoms with Crippen molar-refractivity contribution in [1.29, 1.82) is 0 Å². The summed E-state index contributed by atoms with van der Waals surface area (Å²) in [7, 11) is 0. The first-order valence-corrected chi connectivity index (χ1v) is 14.1. The number of rotatable bonds is 14. The van der Waals surface area contributed by atoms with Crippen molar-refractivity contribution in [3.63, 3.8) is 0 Å². The van der Waals surface area contributed by atoms with Crippen LogP contribution in [0.3, 0.4) is 0 Å². The van der Waals surface area contributed by atoms with Crippen LogP contribution in [0.5, 0.6) is 0 Å². The van der Waals surface area contributed by atoms with E-state index >= 15 is 0 Å². The number of aliphatic hydroxyl groups is 3. The lowest BCUT2D eigenvalue weighted by molar-refractivity contribution is -0.291. The molecule has 1 aliphatic rings. The molecule has 0 aliphatic heterocycles. The zero-order valence-electron chi connectivity index (χ0n) is 22.0. The number of aldehydes is 1. The molecule has 8 atom stereocenters. The fourth-order valence-electron chi connectivity index (χ4n) is 5.09. The van der Waals surface area contributed by atoms with Gasteiger partial charge in [-0.15, -0.1) is 0 Å². The third-order valence-corrected chi connectivity index (χ3v) is 8.05. The molecule has 10 heteroatoms. The highest BCUT2D eigenvalue weighted by atomic mass is 32.1. The minimum Gasteiger partial charge on any atom is -0.390 e. The number of hydrogen-bond acceptors (Lipinski definition) is 10. The van der Waals surface area contributed by atoms with E-state index in [9.17, 15) is 29.7 Å².